The summed E-state index contributed by atoms with van der Waals surface area (Å²) in [7, 11) is 0. The largest absolute Gasteiger partial charge is 0.502 e. The minimum atomic E-state index is -0.697. The summed E-state index contributed by atoms with van der Waals surface area (Å²) in [5.74, 6) is -0.768. The Morgan fingerprint density at radius 3 is 2.71 bits per heavy atom. The number of amides is 1. The molecule has 182 valence electrons. The van der Waals surface area contributed by atoms with Crippen molar-refractivity contribution in [1.82, 2.24) is 9.47 Å². The van der Waals surface area contributed by atoms with Gasteiger partial charge in [-0.05, 0) is 36.1 Å². The average Bonchev–Trinajstić information content (AvgIpc) is 2.80. The summed E-state index contributed by atoms with van der Waals surface area (Å²) in [6.07, 6.45) is 0.907. The Morgan fingerprint density at radius 2 is 1.94 bits per heavy atom. The minimum absolute atomic E-state index is 0.0351. The molecule has 0 spiro atoms. The molecular weight excluding hydrogens is 514 g/mol. The SMILES string of the molecule is NC(=O)CC(c1cccc(Br)c1)c1oc(CN2CC3CC(C2)c2cccc(=O)n2C3)cc(=O)c1O. The normalized spacial score (nSPS) is 20.3. The van der Waals surface area contributed by atoms with Crippen molar-refractivity contribution in [2.75, 3.05) is 13.1 Å². The summed E-state index contributed by atoms with van der Waals surface area (Å²) in [6, 6.07) is 14.0. The van der Waals surface area contributed by atoms with Crippen molar-refractivity contribution in [3.8, 4) is 5.75 Å². The number of pyridine rings is 1. The predicted molar refractivity (Wildman–Crippen MR) is 133 cm³/mol. The first-order chi connectivity index (χ1) is 16.8. The van der Waals surface area contributed by atoms with Crippen LogP contribution < -0.4 is 16.7 Å². The van der Waals surface area contributed by atoms with Crippen molar-refractivity contribution in [1.29, 1.82) is 0 Å². The van der Waals surface area contributed by atoms with Gasteiger partial charge in [0.05, 0.1) is 12.5 Å². The molecule has 4 heterocycles. The number of benzene rings is 1. The molecule has 3 N–H and O–H groups in total. The third-order valence-electron chi connectivity index (χ3n) is 6.91. The highest BCUT2D eigenvalue weighted by Gasteiger charge is 2.35. The number of hydrogen-bond acceptors (Lipinski definition) is 6. The van der Waals surface area contributed by atoms with Gasteiger partial charge in [-0.2, -0.15) is 0 Å². The van der Waals surface area contributed by atoms with Gasteiger partial charge in [-0.25, -0.2) is 0 Å². The fourth-order valence-corrected chi connectivity index (χ4v) is 5.92. The first-order valence-corrected chi connectivity index (χ1v) is 12.4. The molecule has 1 saturated heterocycles. The third kappa shape index (κ3) is 4.83. The summed E-state index contributed by atoms with van der Waals surface area (Å²) >= 11 is 3.42. The Kier molecular flexibility index (Phi) is 6.37. The number of halogens is 1. The van der Waals surface area contributed by atoms with Crippen LogP contribution in [0.15, 0.2) is 67.0 Å². The predicted octanol–water partition coefficient (Wildman–Crippen LogP) is 2.90. The summed E-state index contributed by atoms with van der Waals surface area (Å²) in [5.41, 5.74) is 6.72. The van der Waals surface area contributed by atoms with Crippen molar-refractivity contribution >= 4 is 21.8 Å². The Hall–Kier alpha value is -3.17. The number of carbonyl (C=O) groups excluding carboxylic acids is 1. The summed E-state index contributed by atoms with van der Waals surface area (Å²) in [6.45, 7) is 2.56. The Morgan fingerprint density at radius 1 is 1.14 bits per heavy atom. The molecule has 2 aromatic heterocycles. The fraction of sp³-hybridized carbons (Fsp3) is 0.346. The molecule has 8 nitrogen and oxygen atoms in total. The molecule has 3 atom stereocenters. The molecule has 2 aliphatic rings. The fourth-order valence-electron chi connectivity index (χ4n) is 5.50. The number of piperidine rings is 1. The van der Waals surface area contributed by atoms with E-state index in [2.05, 4.69) is 20.8 Å². The number of fused-ring (bicyclic) bond motifs is 4. The quantitative estimate of drug-likeness (QED) is 0.497. The van der Waals surface area contributed by atoms with E-state index in [-0.39, 0.29) is 23.7 Å². The lowest BCUT2D eigenvalue weighted by Crippen LogP contribution is -2.46. The number of aromatic hydroxyl groups is 1. The second-order valence-corrected chi connectivity index (χ2v) is 10.4. The molecule has 0 radical (unpaired) electrons. The molecule has 2 aliphatic heterocycles. The zero-order valence-electron chi connectivity index (χ0n) is 19.0. The molecule has 0 saturated carbocycles. The second-order valence-electron chi connectivity index (χ2n) is 9.46. The van der Waals surface area contributed by atoms with Crippen LogP contribution >= 0.6 is 15.9 Å². The van der Waals surface area contributed by atoms with Gasteiger partial charge in [0.2, 0.25) is 17.1 Å². The van der Waals surface area contributed by atoms with Crippen molar-refractivity contribution in [3.63, 3.8) is 0 Å². The summed E-state index contributed by atoms with van der Waals surface area (Å²) in [5, 5.41) is 10.6. The monoisotopic (exact) mass is 539 g/mol. The van der Waals surface area contributed by atoms with Gasteiger partial charge in [0, 0.05) is 54.3 Å². The first kappa shape index (κ1) is 23.6. The minimum Gasteiger partial charge on any atom is -0.502 e. The lowest BCUT2D eigenvalue weighted by atomic mass is 9.83. The molecule has 1 amide bonds. The summed E-state index contributed by atoms with van der Waals surface area (Å²) in [4.78, 5) is 39.1. The molecule has 3 aromatic rings. The Labute approximate surface area is 210 Å². The number of hydrogen-bond donors (Lipinski definition) is 2. The van der Waals surface area contributed by atoms with Crippen LogP contribution in [0.25, 0.3) is 0 Å². The molecule has 2 bridgehead atoms. The van der Waals surface area contributed by atoms with Crippen LogP contribution in [-0.4, -0.2) is 33.6 Å². The van der Waals surface area contributed by atoms with Gasteiger partial charge in [0.15, 0.2) is 5.76 Å². The van der Waals surface area contributed by atoms with Gasteiger partial charge in [0.1, 0.15) is 5.76 Å². The maximum atomic E-state index is 12.7. The van der Waals surface area contributed by atoms with E-state index in [1.54, 1.807) is 18.2 Å². The van der Waals surface area contributed by atoms with E-state index in [1.807, 2.05) is 28.8 Å². The van der Waals surface area contributed by atoms with E-state index in [4.69, 9.17) is 10.2 Å². The highest BCUT2D eigenvalue weighted by atomic mass is 79.9. The number of rotatable bonds is 6. The number of primary amides is 1. The topological polar surface area (TPSA) is 119 Å². The van der Waals surface area contributed by atoms with E-state index < -0.39 is 23.0 Å². The van der Waals surface area contributed by atoms with Crippen molar-refractivity contribution in [2.45, 2.75) is 37.8 Å². The molecule has 9 heteroatoms. The first-order valence-electron chi connectivity index (χ1n) is 11.6. The smallest absolute Gasteiger partial charge is 0.250 e. The van der Waals surface area contributed by atoms with Gasteiger partial charge in [0.25, 0.3) is 5.56 Å². The van der Waals surface area contributed by atoms with E-state index in [1.165, 1.54) is 6.07 Å². The molecule has 1 fully saturated rings. The van der Waals surface area contributed by atoms with E-state index >= 15 is 0 Å². The molecule has 35 heavy (non-hydrogen) atoms. The molecule has 1 aromatic carbocycles. The lowest BCUT2D eigenvalue weighted by Gasteiger charge is -2.42. The second kappa shape index (κ2) is 9.47. The van der Waals surface area contributed by atoms with Crippen LogP contribution in [0.2, 0.25) is 0 Å². The molecule has 0 aliphatic carbocycles. The van der Waals surface area contributed by atoms with Crippen LogP contribution in [0, 0.1) is 5.92 Å². The van der Waals surface area contributed by atoms with E-state index in [0.29, 0.717) is 30.3 Å². The van der Waals surface area contributed by atoms with Crippen LogP contribution in [0.5, 0.6) is 5.75 Å². The number of aromatic nitrogens is 1. The van der Waals surface area contributed by atoms with Crippen LogP contribution in [0.1, 0.15) is 47.5 Å². The standard InChI is InChI=1S/C26H26BrN3O5/c27-18-4-1-3-16(8-18)20(10-23(28)32)26-25(34)22(31)9-19(35-26)14-29-11-15-7-17(13-29)21-5-2-6-24(33)30(21)12-15/h1-6,8-9,15,17,20,34H,7,10-14H2,(H2,28,32). The zero-order chi connectivity index (χ0) is 24.7. The third-order valence-corrected chi connectivity index (χ3v) is 7.40. The number of likely N-dealkylation sites (tertiary alicyclic amines) is 1. The van der Waals surface area contributed by atoms with E-state index in [9.17, 15) is 19.5 Å². The molecule has 5 rings (SSSR count). The lowest BCUT2D eigenvalue weighted by molar-refractivity contribution is -0.118. The van der Waals surface area contributed by atoms with Gasteiger partial charge in [-0.1, -0.05) is 34.1 Å². The highest BCUT2D eigenvalue weighted by molar-refractivity contribution is 9.10. The van der Waals surface area contributed by atoms with E-state index in [0.717, 1.165) is 29.7 Å². The van der Waals surface area contributed by atoms with Crippen LogP contribution in [0.3, 0.4) is 0 Å². The van der Waals surface area contributed by atoms with Gasteiger partial charge >= 0.3 is 0 Å². The maximum absolute atomic E-state index is 12.7. The van der Waals surface area contributed by atoms with Crippen LogP contribution in [-0.2, 0) is 17.9 Å². The number of nitrogens with zero attached hydrogens (tertiary/aromatic N) is 2. The van der Waals surface area contributed by atoms with Crippen molar-refractivity contribution in [2.24, 2.45) is 11.7 Å². The Balaban J connectivity index is 1.45. The van der Waals surface area contributed by atoms with Gasteiger partial charge in [-0.3, -0.25) is 19.3 Å². The molecular formula is C26H26BrN3O5. The Bertz CT molecular complexity index is 1400. The number of nitrogens with two attached hydrogens (primary N) is 1. The van der Waals surface area contributed by atoms with Crippen molar-refractivity contribution in [3.05, 3.63) is 96.4 Å². The maximum Gasteiger partial charge on any atom is 0.250 e. The highest BCUT2D eigenvalue weighted by Crippen LogP contribution is 2.37. The zero-order valence-corrected chi connectivity index (χ0v) is 20.6. The number of carbonyl (C=O) groups is 1. The summed E-state index contributed by atoms with van der Waals surface area (Å²) < 4.78 is 8.76. The average molecular weight is 540 g/mol. The van der Waals surface area contributed by atoms with Gasteiger partial charge < -0.3 is 19.8 Å². The van der Waals surface area contributed by atoms with Gasteiger partial charge in [-0.15, -0.1) is 0 Å². The van der Waals surface area contributed by atoms with Crippen LogP contribution in [0.4, 0.5) is 0 Å². The van der Waals surface area contributed by atoms with Crippen molar-refractivity contribution < 1.29 is 14.3 Å². The molecule has 3 unspecified atom stereocenters.